The van der Waals surface area contributed by atoms with E-state index in [-0.39, 0.29) is 0 Å². The largest absolute Gasteiger partial charge is 0.320 e. The lowest BCUT2D eigenvalue weighted by atomic mass is 10.5. The average Bonchev–Trinajstić information content (AvgIpc) is 2.94. The highest BCUT2D eigenvalue weighted by atomic mass is 32.2. The minimum Gasteiger partial charge on any atom is -0.320 e. The molecule has 0 saturated heterocycles. The minimum absolute atomic E-state index is 0.580. The Hall–Kier alpha value is -0.620. The van der Waals surface area contributed by atoms with Crippen LogP contribution in [-0.2, 0) is 0 Å². The lowest BCUT2D eigenvalue weighted by molar-refractivity contribution is 0.565. The molecule has 0 aromatic carbocycles. The summed E-state index contributed by atoms with van der Waals surface area (Å²) >= 11 is 1.75. The van der Waals surface area contributed by atoms with Crippen LogP contribution < -0.4 is 5.32 Å². The van der Waals surface area contributed by atoms with E-state index < -0.39 is 0 Å². The molecule has 0 unspecified atom stereocenters. The van der Waals surface area contributed by atoms with Crippen molar-refractivity contribution >= 4 is 11.8 Å². The van der Waals surface area contributed by atoms with Crippen molar-refractivity contribution in [2.75, 3.05) is 19.3 Å². The van der Waals surface area contributed by atoms with Crippen LogP contribution in [0.4, 0.5) is 0 Å². The number of nitrogens with one attached hydrogen (secondary N) is 1. The van der Waals surface area contributed by atoms with Gasteiger partial charge < -0.3 is 5.32 Å². The average molecular weight is 213 g/mol. The van der Waals surface area contributed by atoms with Gasteiger partial charge in [-0.25, -0.2) is 4.68 Å². The molecule has 1 N–H and O–H groups in total. The molecule has 1 aliphatic rings. The molecule has 1 aromatic rings. The van der Waals surface area contributed by atoms with Gasteiger partial charge in [-0.1, -0.05) is 11.8 Å². The summed E-state index contributed by atoms with van der Waals surface area (Å²) in [6.07, 6.45) is 3.61. The molecule has 14 heavy (non-hydrogen) atoms. The predicted octanol–water partition coefficient (Wildman–Crippen LogP) is 0.710. The van der Waals surface area contributed by atoms with Crippen molar-refractivity contribution in [3.8, 4) is 0 Å². The first kappa shape index (κ1) is 9.92. The minimum atomic E-state index is 0.580. The van der Waals surface area contributed by atoms with E-state index in [1.165, 1.54) is 12.8 Å². The lowest BCUT2D eigenvalue weighted by Gasteiger charge is -2.01. The summed E-state index contributed by atoms with van der Waals surface area (Å²) in [4.78, 5) is 0. The topological polar surface area (TPSA) is 55.6 Å². The van der Waals surface area contributed by atoms with Gasteiger partial charge in [-0.2, -0.15) is 0 Å². The fourth-order valence-corrected chi connectivity index (χ4v) is 2.12. The molecule has 5 nitrogen and oxygen atoms in total. The van der Waals surface area contributed by atoms with E-state index in [4.69, 9.17) is 0 Å². The Morgan fingerprint density at radius 1 is 1.57 bits per heavy atom. The first-order chi connectivity index (χ1) is 6.92. The van der Waals surface area contributed by atoms with Crippen LogP contribution in [0.25, 0.3) is 0 Å². The molecule has 1 fully saturated rings. The zero-order chi connectivity index (χ0) is 9.80. The summed E-state index contributed by atoms with van der Waals surface area (Å²) in [5, 5.41) is 15.8. The molecule has 0 bridgehead atoms. The fraction of sp³-hybridized carbons (Fsp3) is 0.875. The molecule has 1 heterocycles. The van der Waals surface area contributed by atoms with Gasteiger partial charge in [0.1, 0.15) is 0 Å². The van der Waals surface area contributed by atoms with Gasteiger partial charge in [-0.15, -0.1) is 5.10 Å². The third-order valence-corrected chi connectivity index (χ3v) is 3.18. The number of rotatable bonds is 6. The monoisotopic (exact) mass is 213 g/mol. The van der Waals surface area contributed by atoms with Crippen LogP contribution in [0.1, 0.15) is 25.3 Å². The molecule has 1 aromatic heterocycles. The molecular formula is C8H15N5S. The van der Waals surface area contributed by atoms with Crippen LogP contribution in [-0.4, -0.2) is 39.6 Å². The van der Waals surface area contributed by atoms with Crippen LogP contribution >= 0.6 is 11.8 Å². The normalized spacial score (nSPS) is 16.1. The number of thioether (sulfide) groups is 1. The maximum atomic E-state index is 4.02. The van der Waals surface area contributed by atoms with Crippen LogP contribution in [0.5, 0.6) is 0 Å². The molecule has 2 rings (SSSR count). The number of tetrazole rings is 1. The van der Waals surface area contributed by atoms with Crippen molar-refractivity contribution in [3.05, 3.63) is 0 Å². The van der Waals surface area contributed by atoms with E-state index in [2.05, 4.69) is 20.8 Å². The first-order valence-electron chi connectivity index (χ1n) is 4.97. The molecule has 1 saturated carbocycles. The van der Waals surface area contributed by atoms with Crippen LogP contribution in [0.15, 0.2) is 5.16 Å². The van der Waals surface area contributed by atoms with E-state index in [9.17, 15) is 0 Å². The van der Waals surface area contributed by atoms with Crippen molar-refractivity contribution < 1.29 is 0 Å². The summed E-state index contributed by atoms with van der Waals surface area (Å²) in [6.45, 7) is 1.05. The smallest absolute Gasteiger partial charge is 0.209 e. The molecule has 0 radical (unpaired) electrons. The number of hydrogen-bond acceptors (Lipinski definition) is 5. The molecule has 1 aliphatic carbocycles. The Bertz CT molecular complexity index is 283. The third kappa shape index (κ3) is 2.45. The maximum absolute atomic E-state index is 4.02. The van der Waals surface area contributed by atoms with Crippen molar-refractivity contribution in [2.24, 2.45) is 0 Å². The summed E-state index contributed by atoms with van der Waals surface area (Å²) in [5.41, 5.74) is 0. The quantitative estimate of drug-likeness (QED) is 0.557. The Morgan fingerprint density at radius 3 is 3.14 bits per heavy atom. The van der Waals surface area contributed by atoms with E-state index in [0.29, 0.717) is 6.04 Å². The second kappa shape index (κ2) is 4.75. The fourth-order valence-electron chi connectivity index (χ4n) is 1.24. The van der Waals surface area contributed by atoms with Gasteiger partial charge in [0.2, 0.25) is 5.16 Å². The molecule has 0 atom stereocenters. The van der Waals surface area contributed by atoms with Crippen LogP contribution in [0.3, 0.4) is 0 Å². The van der Waals surface area contributed by atoms with Crippen LogP contribution in [0, 0.1) is 0 Å². The Labute approximate surface area is 87.6 Å². The predicted molar refractivity (Wildman–Crippen MR) is 55.4 cm³/mol. The van der Waals surface area contributed by atoms with Gasteiger partial charge in [0.15, 0.2) is 0 Å². The van der Waals surface area contributed by atoms with Gasteiger partial charge in [-0.3, -0.25) is 0 Å². The van der Waals surface area contributed by atoms with Gasteiger partial charge >= 0.3 is 0 Å². The van der Waals surface area contributed by atoms with E-state index in [0.717, 1.165) is 23.9 Å². The summed E-state index contributed by atoms with van der Waals surface area (Å²) < 4.78 is 1.96. The number of hydrogen-bond donors (Lipinski definition) is 1. The van der Waals surface area contributed by atoms with Crippen LogP contribution in [0.2, 0.25) is 0 Å². The highest BCUT2D eigenvalue weighted by molar-refractivity contribution is 7.99. The molecule has 6 heteroatoms. The van der Waals surface area contributed by atoms with Gasteiger partial charge in [0, 0.05) is 5.75 Å². The number of nitrogens with zero attached hydrogens (tertiary/aromatic N) is 4. The molecule has 0 spiro atoms. The zero-order valence-electron chi connectivity index (χ0n) is 8.31. The zero-order valence-corrected chi connectivity index (χ0v) is 9.13. The second-order valence-corrected chi connectivity index (χ2v) is 4.50. The van der Waals surface area contributed by atoms with Gasteiger partial charge in [-0.05, 0) is 43.3 Å². The standard InChI is InChI=1S/C8H15N5S/c1-9-5-2-6-14-8-10-11-12-13(8)7-3-4-7/h7,9H,2-6H2,1H3. The summed E-state index contributed by atoms with van der Waals surface area (Å²) in [7, 11) is 1.97. The van der Waals surface area contributed by atoms with Gasteiger partial charge in [0.25, 0.3) is 0 Å². The number of aromatic nitrogens is 4. The highest BCUT2D eigenvalue weighted by Crippen LogP contribution is 2.36. The molecule has 0 amide bonds. The Balaban J connectivity index is 1.80. The van der Waals surface area contributed by atoms with E-state index in [1.54, 1.807) is 11.8 Å². The van der Waals surface area contributed by atoms with E-state index in [1.807, 2.05) is 11.7 Å². The van der Waals surface area contributed by atoms with Crippen molar-refractivity contribution in [1.82, 2.24) is 25.5 Å². The van der Waals surface area contributed by atoms with Gasteiger partial charge in [0.05, 0.1) is 6.04 Å². The van der Waals surface area contributed by atoms with E-state index >= 15 is 0 Å². The maximum Gasteiger partial charge on any atom is 0.209 e. The third-order valence-electron chi connectivity index (χ3n) is 2.16. The SMILES string of the molecule is CNCCCSc1nnnn1C1CC1. The van der Waals surface area contributed by atoms with Crippen molar-refractivity contribution in [3.63, 3.8) is 0 Å². The Kier molecular flexibility index (Phi) is 3.36. The Morgan fingerprint density at radius 2 is 2.43 bits per heavy atom. The highest BCUT2D eigenvalue weighted by Gasteiger charge is 2.27. The lowest BCUT2D eigenvalue weighted by Crippen LogP contribution is -2.08. The molecule has 78 valence electrons. The van der Waals surface area contributed by atoms with Crippen molar-refractivity contribution in [1.29, 1.82) is 0 Å². The summed E-state index contributed by atoms with van der Waals surface area (Å²) in [6, 6.07) is 0.580. The van der Waals surface area contributed by atoms with Crippen molar-refractivity contribution in [2.45, 2.75) is 30.5 Å². The second-order valence-electron chi connectivity index (χ2n) is 3.44. The first-order valence-corrected chi connectivity index (χ1v) is 5.95. The molecular weight excluding hydrogens is 198 g/mol. The summed E-state index contributed by atoms with van der Waals surface area (Å²) in [5.74, 6) is 1.08. The molecule has 0 aliphatic heterocycles.